The number of urea groups is 1. The molecule has 10 nitrogen and oxygen atoms in total. The number of aromatic nitrogens is 2. The van der Waals surface area contributed by atoms with Crippen LogP contribution in [-0.2, 0) is 24.3 Å². The molecule has 1 aromatic heterocycles. The van der Waals surface area contributed by atoms with Crippen molar-refractivity contribution in [2.45, 2.75) is 63.7 Å². The number of methoxy groups -OCH3 is 1. The van der Waals surface area contributed by atoms with E-state index in [0.717, 1.165) is 48.3 Å². The number of nitrogens with one attached hydrogen (secondary N) is 2. The van der Waals surface area contributed by atoms with Gasteiger partial charge in [0.15, 0.2) is 0 Å². The Morgan fingerprint density at radius 1 is 1.05 bits per heavy atom. The molecule has 43 heavy (non-hydrogen) atoms. The molecule has 3 aromatic rings. The highest BCUT2D eigenvalue weighted by atomic mass is 16.5. The van der Waals surface area contributed by atoms with Gasteiger partial charge >= 0.3 is 6.03 Å². The number of para-hydroxylation sites is 1. The van der Waals surface area contributed by atoms with Gasteiger partial charge in [0.2, 0.25) is 5.91 Å². The van der Waals surface area contributed by atoms with Gasteiger partial charge in [0.05, 0.1) is 25.1 Å². The number of hydrogen-bond donors (Lipinski definition) is 2. The maximum Gasteiger partial charge on any atom is 0.318 e. The number of nitrogens with zero attached hydrogens (tertiary/aromatic N) is 5. The zero-order valence-corrected chi connectivity index (χ0v) is 24.9. The third-order valence-corrected chi connectivity index (χ3v) is 8.46. The molecule has 2 fully saturated rings. The molecular weight excluding hydrogens is 542 g/mol. The Hall–Kier alpha value is -4.36. The van der Waals surface area contributed by atoms with Gasteiger partial charge in [-0.2, -0.15) is 5.26 Å². The summed E-state index contributed by atoms with van der Waals surface area (Å²) in [6.07, 6.45) is 9.66. The Kier molecular flexibility index (Phi) is 10.3. The number of imidazole rings is 1. The summed E-state index contributed by atoms with van der Waals surface area (Å²) in [6, 6.07) is 17.0. The zero-order valence-electron chi connectivity index (χ0n) is 24.9. The first-order valence-electron chi connectivity index (χ1n) is 15.2. The number of ether oxygens (including phenoxy) is 1. The lowest BCUT2D eigenvalue weighted by Crippen LogP contribution is -2.63. The average molecular weight is 584 g/mol. The lowest BCUT2D eigenvalue weighted by atomic mass is 9.95. The monoisotopic (exact) mass is 583 g/mol. The number of carbonyl (C=O) groups is 2. The first-order valence-corrected chi connectivity index (χ1v) is 15.2. The zero-order chi connectivity index (χ0) is 30.0. The van der Waals surface area contributed by atoms with Crippen LogP contribution in [0.25, 0.3) is 0 Å². The smallest absolute Gasteiger partial charge is 0.318 e. The first-order chi connectivity index (χ1) is 21.0. The van der Waals surface area contributed by atoms with Gasteiger partial charge in [-0.1, -0.05) is 49.6 Å². The highest BCUT2D eigenvalue weighted by Gasteiger charge is 2.36. The minimum atomic E-state index is -0.601. The molecule has 10 heteroatoms. The van der Waals surface area contributed by atoms with E-state index in [1.165, 1.54) is 6.42 Å². The summed E-state index contributed by atoms with van der Waals surface area (Å²) in [6.45, 7) is 3.29. The minimum absolute atomic E-state index is 0.149. The summed E-state index contributed by atoms with van der Waals surface area (Å²) in [5, 5.41) is 15.4. The van der Waals surface area contributed by atoms with Crippen molar-refractivity contribution in [3.05, 3.63) is 83.4 Å². The second-order valence-corrected chi connectivity index (χ2v) is 11.4. The molecule has 0 radical (unpaired) electrons. The molecule has 2 aliphatic rings. The fraction of sp³-hybridized carbons (Fsp3) is 0.455. The Bertz CT molecular complexity index is 1410. The summed E-state index contributed by atoms with van der Waals surface area (Å²) in [5.74, 6) is 0.667. The highest BCUT2D eigenvalue weighted by molar-refractivity contribution is 5.87. The minimum Gasteiger partial charge on any atom is -0.496 e. The summed E-state index contributed by atoms with van der Waals surface area (Å²) in [4.78, 5) is 35.3. The number of amides is 3. The fourth-order valence-electron chi connectivity index (χ4n) is 6.04. The Balaban J connectivity index is 1.22. The molecule has 2 N–H and O–H groups in total. The molecule has 1 aliphatic heterocycles. The molecule has 0 unspecified atom stereocenters. The van der Waals surface area contributed by atoms with Crippen molar-refractivity contribution in [3.8, 4) is 11.8 Å². The van der Waals surface area contributed by atoms with Crippen molar-refractivity contribution in [1.82, 2.24) is 30.0 Å². The molecule has 1 saturated heterocycles. The van der Waals surface area contributed by atoms with E-state index in [0.29, 0.717) is 51.3 Å². The summed E-state index contributed by atoms with van der Waals surface area (Å²) < 4.78 is 7.60. The third kappa shape index (κ3) is 7.93. The maximum atomic E-state index is 13.7. The van der Waals surface area contributed by atoms with Crippen LogP contribution in [0.2, 0.25) is 0 Å². The van der Waals surface area contributed by atoms with Crippen molar-refractivity contribution < 1.29 is 14.3 Å². The van der Waals surface area contributed by atoms with E-state index in [1.807, 2.05) is 59.3 Å². The standard InChI is InChI=1S/C33H41N7O3/c1-43-31-10-6-5-7-27(31)22-38-17-18-40(33(42)37-28-8-3-2-4-9-28)30(23-38)32(41)36-16-15-29-20-35-24-39(29)21-26-13-11-25(19-34)12-14-26/h5-7,10-14,20,24,28,30H,2-4,8-9,15-18,21-23H2,1H3,(H,36,41)(H,37,42)/t30-/m1/s1. The molecule has 1 aliphatic carbocycles. The molecule has 1 atom stereocenters. The van der Waals surface area contributed by atoms with Gasteiger partial charge in [0.1, 0.15) is 11.8 Å². The number of nitriles is 1. The van der Waals surface area contributed by atoms with E-state index in [4.69, 9.17) is 10.00 Å². The molecule has 0 spiro atoms. The van der Waals surface area contributed by atoms with Gasteiger partial charge < -0.3 is 24.8 Å². The summed E-state index contributed by atoms with van der Waals surface area (Å²) in [5.41, 5.74) is 3.75. The van der Waals surface area contributed by atoms with Gasteiger partial charge in [-0.25, -0.2) is 9.78 Å². The van der Waals surface area contributed by atoms with Crippen LogP contribution in [0.15, 0.2) is 61.1 Å². The van der Waals surface area contributed by atoms with Crippen LogP contribution in [0.1, 0.15) is 54.5 Å². The summed E-state index contributed by atoms with van der Waals surface area (Å²) >= 11 is 0. The molecule has 0 bridgehead atoms. The average Bonchev–Trinajstić information content (AvgIpc) is 3.48. The predicted octanol–water partition coefficient (Wildman–Crippen LogP) is 3.70. The first kappa shape index (κ1) is 30.1. The third-order valence-electron chi connectivity index (χ3n) is 8.46. The summed E-state index contributed by atoms with van der Waals surface area (Å²) in [7, 11) is 1.67. The van der Waals surface area contributed by atoms with Crippen LogP contribution in [0, 0.1) is 11.3 Å². The van der Waals surface area contributed by atoms with Crippen LogP contribution < -0.4 is 15.4 Å². The van der Waals surface area contributed by atoms with E-state index in [1.54, 1.807) is 18.3 Å². The fourth-order valence-corrected chi connectivity index (χ4v) is 6.04. The van der Waals surface area contributed by atoms with Gasteiger partial charge in [-0.05, 0) is 36.6 Å². The van der Waals surface area contributed by atoms with Crippen LogP contribution in [-0.4, -0.2) is 76.7 Å². The number of hydrogen-bond acceptors (Lipinski definition) is 6. The SMILES string of the molecule is COc1ccccc1CN1CCN(C(=O)NC2CCCCC2)[C@@H](C(=O)NCCc2cncn2Cc2ccc(C#N)cc2)C1. The van der Waals surface area contributed by atoms with Gasteiger partial charge in [-0.3, -0.25) is 9.69 Å². The van der Waals surface area contributed by atoms with Gasteiger partial charge in [0, 0.05) is 69.2 Å². The molecule has 226 valence electrons. The second kappa shape index (κ2) is 14.7. The molecular formula is C33H41N7O3. The number of carbonyl (C=O) groups excluding carboxylic acids is 2. The molecule has 5 rings (SSSR count). The molecule has 2 aromatic carbocycles. The van der Waals surface area contributed by atoms with Crippen LogP contribution >= 0.6 is 0 Å². The number of piperazine rings is 1. The highest BCUT2D eigenvalue weighted by Crippen LogP contribution is 2.22. The lowest BCUT2D eigenvalue weighted by molar-refractivity contribution is -0.127. The number of rotatable bonds is 10. The van der Waals surface area contributed by atoms with Gasteiger partial charge in [0.25, 0.3) is 0 Å². The van der Waals surface area contributed by atoms with Crippen molar-refractivity contribution in [3.63, 3.8) is 0 Å². The van der Waals surface area contributed by atoms with Crippen LogP contribution in [0.5, 0.6) is 5.75 Å². The normalized spacial score (nSPS) is 17.7. The van der Waals surface area contributed by atoms with Gasteiger partial charge in [-0.15, -0.1) is 0 Å². The van der Waals surface area contributed by atoms with E-state index < -0.39 is 6.04 Å². The van der Waals surface area contributed by atoms with E-state index in [2.05, 4.69) is 26.6 Å². The van der Waals surface area contributed by atoms with Crippen molar-refractivity contribution >= 4 is 11.9 Å². The topological polar surface area (TPSA) is 116 Å². The van der Waals surface area contributed by atoms with Crippen LogP contribution in [0.4, 0.5) is 4.79 Å². The Labute approximate surface area is 253 Å². The van der Waals surface area contributed by atoms with Crippen molar-refractivity contribution in [2.24, 2.45) is 0 Å². The molecule has 1 saturated carbocycles. The Morgan fingerprint density at radius 2 is 1.84 bits per heavy atom. The quantitative estimate of drug-likeness (QED) is 0.376. The second-order valence-electron chi connectivity index (χ2n) is 11.4. The van der Waals surface area contributed by atoms with E-state index in [-0.39, 0.29) is 18.0 Å². The molecule has 3 amide bonds. The van der Waals surface area contributed by atoms with E-state index in [9.17, 15) is 9.59 Å². The lowest BCUT2D eigenvalue weighted by Gasteiger charge is -2.41. The maximum absolute atomic E-state index is 13.7. The largest absolute Gasteiger partial charge is 0.496 e. The van der Waals surface area contributed by atoms with Crippen LogP contribution in [0.3, 0.4) is 0 Å². The predicted molar refractivity (Wildman–Crippen MR) is 163 cm³/mol. The van der Waals surface area contributed by atoms with Crippen molar-refractivity contribution in [1.29, 1.82) is 5.26 Å². The van der Waals surface area contributed by atoms with E-state index >= 15 is 0 Å². The van der Waals surface area contributed by atoms with Crippen molar-refractivity contribution in [2.75, 3.05) is 33.3 Å². The number of benzene rings is 2. The Morgan fingerprint density at radius 3 is 2.60 bits per heavy atom. The molecule has 2 heterocycles.